The van der Waals surface area contributed by atoms with E-state index in [-0.39, 0.29) is 6.04 Å². The number of aryl methyl sites for hydroxylation is 1. The van der Waals surface area contributed by atoms with Gasteiger partial charge in [-0.25, -0.2) is 0 Å². The van der Waals surface area contributed by atoms with Crippen molar-refractivity contribution in [3.63, 3.8) is 0 Å². The van der Waals surface area contributed by atoms with E-state index in [1.807, 2.05) is 25.4 Å². The maximum atomic E-state index is 6.04. The molecule has 3 N–H and O–H groups in total. The van der Waals surface area contributed by atoms with Crippen LogP contribution in [-0.4, -0.2) is 16.3 Å². The summed E-state index contributed by atoms with van der Waals surface area (Å²) in [5.74, 6) is 0. The number of halogens is 1. The van der Waals surface area contributed by atoms with E-state index in [1.54, 1.807) is 22.2 Å². The van der Waals surface area contributed by atoms with E-state index in [0.29, 0.717) is 0 Å². The smallest absolute Gasteiger partial charge is 0.0931 e. The number of nitrogens with zero attached hydrogens (tertiary/aromatic N) is 2. The summed E-state index contributed by atoms with van der Waals surface area (Å²) in [6, 6.07) is 3.90. The summed E-state index contributed by atoms with van der Waals surface area (Å²) in [5.41, 5.74) is 7.08. The van der Waals surface area contributed by atoms with Crippen molar-refractivity contribution in [2.24, 2.45) is 12.8 Å². The van der Waals surface area contributed by atoms with Crippen LogP contribution in [0.25, 0.3) is 0 Å². The van der Waals surface area contributed by atoms with Crippen LogP contribution < -0.4 is 11.1 Å². The fourth-order valence-electron chi connectivity index (χ4n) is 1.55. The zero-order valence-electron chi connectivity index (χ0n) is 9.56. The van der Waals surface area contributed by atoms with Gasteiger partial charge in [-0.3, -0.25) is 4.68 Å². The zero-order valence-corrected chi connectivity index (χ0v) is 11.1. The molecule has 2 heterocycles. The van der Waals surface area contributed by atoms with Gasteiger partial charge in [0.2, 0.25) is 0 Å². The molecular formula is C11H15ClN4S. The van der Waals surface area contributed by atoms with Crippen molar-refractivity contribution >= 4 is 22.9 Å². The minimum absolute atomic E-state index is 0.0286. The van der Waals surface area contributed by atoms with E-state index < -0.39 is 0 Å². The van der Waals surface area contributed by atoms with Gasteiger partial charge in [-0.15, -0.1) is 11.3 Å². The van der Waals surface area contributed by atoms with Gasteiger partial charge in [0, 0.05) is 42.8 Å². The monoisotopic (exact) mass is 270 g/mol. The lowest BCUT2D eigenvalue weighted by atomic mass is 10.2. The Morgan fingerprint density at radius 2 is 2.41 bits per heavy atom. The summed E-state index contributed by atoms with van der Waals surface area (Å²) in [6.45, 7) is 1.52. The molecule has 2 rings (SSSR count). The molecule has 2 aromatic rings. The minimum Gasteiger partial charge on any atom is -0.323 e. The van der Waals surface area contributed by atoms with Gasteiger partial charge in [0.1, 0.15) is 0 Å². The Morgan fingerprint density at radius 3 is 3.00 bits per heavy atom. The number of hydrogen-bond acceptors (Lipinski definition) is 4. The molecule has 1 atom stereocenters. The molecule has 6 heteroatoms. The SMILES string of the molecule is Cn1cc(C(N)CNCc2ccc(Cl)s2)cn1. The fourth-order valence-corrected chi connectivity index (χ4v) is 2.60. The Morgan fingerprint density at radius 1 is 1.59 bits per heavy atom. The van der Waals surface area contributed by atoms with Crippen LogP contribution in [0, 0.1) is 0 Å². The molecule has 0 fully saturated rings. The third-order valence-corrected chi connectivity index (χ3v) is 3.68. The van der Waals surface area contributed by atoms with Crippen LogP contribution in [0.2, 0.25) is 4.34 Å². The summed E-state index contributed by atoms with van der Waals surface area (Å²) in [5, 5.41) is 7.41. The Bertz CT molecular complexity index is 479. The second-order valence-corrected chi connectivity index (χ2v) is 5.69. The molecule has 0 saturated carbocycles. The second-order valence-electron chi connectivity index (χ2n) is 3.89. The molecule has 0 saturated heterocycles. The van der Waals surface area contributed by atoms with Gasteiger partial charge in [0.15, 0.2) is 0 Å². The van der Waals surface area contributed by atoms with Crippen LogP contribution in [0.5, 0.6) is 0 Å². The molecular weight excluding hydrogens is 256 g/mol. The summed E-state index contributed by atoms with van der Waals surface area (Å²) < 4.78 is 2.58. The number of thiophene rings is 1. The predicted octanol–water partition coefficient (Wildman–Crippen LogP) is 1.92. The highest BCUT2D eigenvalue weighted by atomic mass is 35.5. The molecule has 17 heavy (non-hydrogen) atoms. The molecule has 0 aromatic carbocycles. The van der Waals surface area contributed by atoms with Gasteiger partial charge >= 0.3 is 0 Å². The van der Waals surface area contributed by atoms with E-state index in [0.717, 1.165) is 23.0 Å². The maximum absolute atomic E-state index is 6.04. The Hall–Kier alpha value is -0.880. The standard InChI is InChI=1S/C11H15ClN4S/c1-16-7-8(4-15-16)10(13)6-14-5-9-2-3-11(12)17-9/h2-4,7,10,14H,5-6,13H2,1H3. The van der Waals surface area contributed by atoms with Gasteiger partial charge in [0.05, 0.1) is 10.5 Å². The first-order chi connectivity index (χ1) is 8.15. The second kappa shape index (κ2) is 5.64. The first-order valence-electron chi connectivity index (χ1n) is 5.34. The van der Waals surface area contributed by atoms with Crippen LogP contribution >= 0.6 is 22.9 Å². The quantitative estimate of drug-likeness (QED) is 0.873. The average Bonchev–Trinajstić information content (AvgIpc) is 2.88. The topological polar surface area (TPSA) is 55.9 Å². The molecule has 0 aliphatic rings. The average molecular weight is 271 g/mol. The molecule has 0 bridgehead atoms. The van der Waals surface area contributed by atoms with Crippen LogP contribution in [0.4, 0.5) is 0 Å². The van der Waals surface area contributed by atoms with E-state index >= 15 is 0 Å². The van der Waals surface area contributed by atoms with Gasteiger partial charge in [-0.1, -0.05) is 11.6 Å². The Kier molecular flexibility index (Phi) is 4.17. The minimum atomic E-state index is -0.0286. The molecule has 0 amide bonds. The normalized spacial score (nSPS) is 12.9. The molecule has 0 aliphatic carbocycles. The summed E-state index contributed by atoms with van der Waals surface area (Å²) >= 11 is 7.44. The van der Waals surface area contributed by atoms with Crippen LogP contribution in [-0.2, 0) is 13.6 Å². The van der Waals surface area contributed by atoms with Crippen molar-refractivity contribution in [3.8, 4) is 0 Å². The van der Waals surface area contributed by atoms with E-state index in [9.17, 15) is 0 Å². The molecule has 2 aromatic heterocycles. The highest BCUT2D eigenvalue weighted by Gasteiger charge is 2.07. The first kappa shape index (κ1) is 12.6. The summed E-state index contributed by atoms with van der Waals surface area (Å²) in [6.07, 6.45) is 3.74. The van der Waals surface area contributed by atoms with Crippen LogP contribution in [0.3, 0.4) is 0 Å². The lowest BCUT2D eigenvalue weighted by Crippen LogP contribution is -2.26. The lowest BCUT2D eigenvalue weighted by Gasteiger charge is -2.09. The van der Waals surface area contributed by atoms with Crippen molar-refractivity contribution in [3.05, 3.63) is 39.3 Å². The molecule has 0 aliphatic heterocycles. The van der Waals surface area contributed by atoms with Gasteiger partial charge in [-0.2, -0.15) is 5.10 Å². The largest absolute Gasteiger partial charge is 0.323 e. The summed E-state index contributed by atoms with van der Waals surface area (Å²) in [7, 11) is 1.89. The maximum Gasteiger partial charge on any atom is 0.0931 e. The highest BCUT2D eigenvalue weighted by Crippen LogP contribution is 2.21. The molecule has 4 nitrogen and oxygen atoms in total. The van der Waals surface area contributed by atoms with Crippen molar-refractivity contribution in [1.29, 1.82) is 0 Å². The van der Waals surface area contributed by atoms with Crippen LogP contribution in [0.1, 0.15) is 16.5 Å². The highest BCUT2D eigenvalue weighted by molar-refractivity contribution is 7.16. The Balaban J connectivity index is 1.78. The van der Waals surface area contributed by atoms with Crippen molar-refractivity contribution in [1.82, 2.24) is 15.1 Å². The van der Waals surface area contributed by atoms with Crippen molar-refractivity contribution in [2.45, 2.75) is 12.6 Å². The third kappa shape index (κ3) is 3.54. The summed E-state index contributed by atoms with van der Waals surface area (Å²) in [4.78, 5) is 1.22. The number of hydrogen-bond donors (Lipinski definition) is 2. The van der Waals surface area contributed by atoms with E-state index in [1.165, 1.54) is 4.88 Å². The van der Waals surface area contributed by atoms with E-state index in [2.05, 4.69) is 10.4 Å². The Labute approximate surface area is 109 Å². The number of nitrogens with two attached hydrogens (primary N) is 1. The molecule has 0 radical (unpaired) electrons. The van der Waals surface area contributed by atoms with Gasteiger partial charge < -0.3 is 11.1 Å². The molecule has 0 spiro atoms. The van der Waals surface area contributed by atoms with Gasteiger partial charge in [-0.05, 0) is 12.1 Å². The van der Waals surface area contributed by atoms with E-state index in [4.69, 9.17) is 17.3 Å². The lowest BCUT2D eigenvalue weighted by molar-refractivity contribution is 0.601. The number of aromatic nitrogens is 2. The van der Waals surface area contributed by atoms with Crippen molar-refractivity contribution in [2.75, 3.05) is 6.54 Å². The molecule has 1 unspecified atom stereocenters. The zero-order chi connectivity index (χ0) is 12.3. The predicted molar refractivity (Wildman–Crippen MR) is 71.2 cm³/mol. The van der Waals surface area contributed by atoms with Crippen LogP contribution in [0.15, 0.2) is 24.5 Å². The number of nitrogens with one attached hydrogen (secondary N) is 1. The molecule has 92 valence electrons. The first-order valence-corrected chi connectivity index (χ1v) is 6.53. The van der Waals surface area contributed by atoms with Crippen molar-refractivity contribution < 1.29 is 0 Å². The van der Waals surface area contributed by atoms with Gasteiger partial charge in [0.25, 0.3) is 0 Å². The number of rotatable bonds is 5. The third-order valence-electron chi connectivity index (χ3n) is 2.45. The fraction of sp³-hybridized carbons (Fsp3) is 0.364.